The van der Waals surface area contributed by atoms with Crippen LogP contribution in [0.3, 0.4) is 0 Å². The van der Waals surface area contributed by atoms with Gasteiger partial charge in [0.05, 0.1) is 0 Å². The molecule has 0 bridgehead atoms. The fourth-order valence-electron chi connectivity index (χ4n) is 2.02. The summed E-state index contributed by atoms with van der Waals surface area (Å²) in [6, 6.07) is 3.46. The van der Waals surface area contributed by atoms with Crippen LogP contribution in [0.25, 0.3) is 0 Å². The average Bonchev–Trinajstić information content (AvgIpc) is 3.00. The molecule has 0 saturated heterocycles. The molecule has 2 rings (SSSR count). The van der Waals surface area contributed by atoms with Crippen molar-refractivity contribution in [2.24, 2.45) is 11.8 Å². The second kappa shape index (κ2) is 5.12. The van der Waals surface area contributed by atoms with E-state index in [1.807, 2.05) is 6.07 Å². The molecule has 19 heavy (non-hydrogen) atoms. The summed E-state index contributed by atoms with van der Waals surface area (Å²) >= 11 is 6.01. The Hall–Kier alpha value is -1.09. The van der Waals surface area contributed by atoms with E-state index in [4.69, 9.17) is 11.6 Å². The number of halogens is 1. The van der Waals surface area contributed by atoms with Gasteiger partial charge in [-0.15, -0.1) is 0 Å². The van der Waals surface area contributed by atoms with Gasteiger partial charge >= 0.3 is 0 Å². The van der Waals surface area contributed by atoms with Crippen LogP contribution in [-0.2, 0) is 5.41 Å². The molecule has 1 N–H and O–H groups in total. The van der Waals surface area contributed by atoms with Crippen LogP contribution < -0.4 is 5.32 Å². The van der Waals surface area contributed by atoms with Crippen LogP contribution in [0.15, 0.2) is 12.1 Å². The average molecular weight is 281 g/mol. The number of amides is 1. The van der Waals surface area contributed by atoms with Gasteiger partial charge in [-0.1, -0.05) is 39.3 Å². The summed E-state index contributed by atoms with van der Waals surface area (Å²) in [7, 11) is 0. The van der Waals surface area contributed by atoms with Crippen LogP contribution in [0.2, 0.25) is 5.15 Å². The number of hydrogen-bond donors (Lipinski definition) is 1. The van der Waals surface area contributed by atoms with Gasteiger partial charge in [0.1, 0.15) is 5.15 Å². The molecule has 0 spiro atoms. The van der Waals surface area contributed by atoms with Gasteiger partial charge < -0.3 is 5.32 Å². The smallest absolute Gasteiger partial charge is 0.251 e. The first kappa shape index (κ1) is 14.3. The minimum Gasteiger partial charge on any atom is -0.352 e. The highest BCUT2D eigenvalue weighted by Gasteiger charge is 2.32. The van der Waals surface area contributed by atoms with E-state index >= 15 is 0 Å². The van der Waals surface area contributed by atoms with E-state index in [1.54, 1.807) is 6.07 Å². The summed E-state index contributed by atoms with van der Waals surface area (Å²) in [5.74, 6) is 1.32. The Kier molecular flexibility index (Phi) is 3.86. The molecule has 4 heteroatoms. The lowest BCUT2D eigenvalue weighted by atomic mass is 9.91. The van der Waals surface area contributed by atoms with Crippen molar-refractivity contribution in [3.8, 4) is 0 Å². The second-order valence-corrected chi connectivity index (χ2v) is 6.88. The van der Waals surface area contributed by atoms with E-state index in [0.717, 1.165) is 18.2 Å². The molecule has 1 amide bonds. The topological polar surface area (TPSA) is 42.0 Å². The summed E-state index contributed by atoms with van der Waals surface area (Å²) in [6.45, 7) is 9.13. The number of carbonyl (C=O) groups is 1. The van der Waals surface area contributed by atoms with Gasteiger partial charge in [0.2, 0.25) is 0 Å². The molecule has 1 saturated carbocycles. The summed E-state index contributed by atoms with van der Waals surface area (Å²) in [6.07, 6.45) is 1.21. The van der Waals surface area contributed by atoms with Crippen LogP contribution >= 0.6 is 11.6 Å². The number of carbonyl (C=O) groups excluding carboxylic acids is 1. The van der Waals surface area contributed by atoms with Gasteiger partial charge in [0.15, 0.2) is 0 Å². The molecule has 1 aliphatic rings. The fourth-order valence-corrected chi connectivity index (χ4v) is 2.23. The first-order valence-electron chi connectivity index (χ1n) is 6.73. The highest BCUT2D eigenvalue weighted by atomic mass is 35.5. The Morgan fingerprint density at radius 1 is 1.47 bits per heavy atom. The van der Waals surface area contributed by atoms with Gasteiger partial charge in [-0.25, -0.2) is 4.98 Å². The molecule has 1 aliphatic carbocycles. The Bertz CT molecular complexity index is 493. The maximum atomic E-state index is 12.1. The molecule has 1 aromatic heterocycles. The third-order valence-corrected chi connectivity index (χ3v) is 3.82. The van der Waals surface area contributed by atoms with Crippen LogP contribution in [0.5, 0.6) is 0 Å². The van der Waals surface area contributed by atoms with Crippen molar-refractivity contribution in [3.05, 3.63) is 28.5 Å². The maximum absolute atomic E-state index is 12.1. The Morgan fingerprint density at radius 2 is 2.11 bits per heavy atom. The van der Waals surface area contributed by atoms with E-state index in [2.05, 4.69) is 38.0 Å². The van der Waals surface area contributed by atoms with Gasteiger partial charge in [-0.3, -0.25) is 4.79 Å². The highest BCUT2D eigenvalue weighted by Crippen LogP contribution is 2.36. The van der Waals surface area contributed by atoms with E-state index in [0.29, 0.717) is 16.6 Å². The molecule has 1 fully saturated rings. The number of aromatic nitrogens is 1. The van der Waals surface area contributed by atoms with E-state index in [-0.39, 0.29) is 11.3 Å². The van der Waals surface area contributed by atoms with Gasteiger partial charge in [-0.05, 0) is 30.4 Å². The van der Waals surface area contributed by atoms with Crippen LogP contribution in [0, 0.1) is 11.8 Å². The Balaban J connectivity index is 2.10. The molecule has 3 nitrogen and oxygen atoms in total. The van der Waals surface area contributed by atoms with Crippen molar-refractivity contribution >= 4 is 17.5 Å². The van der Waals surface area contributed by atoms with E-state index in [9.17, 15) is 4.79 Å². The first-order valence-corrected chi connectivity index (χ1v) is 7.11. The van der Waals surface area contributed by atoms with Crippen molar-refractivity contribution in [1.82, 2.24) is 10.3 Å². The van der Waals surface area contributed by atoms with Crippen molar-refractivity contribution in [2.75, 3.05) is 6.54 Å². The summed E-state index contributed by atoms with van der Waals surface area (Å²) in [5.41, 5.74) is 1.31. The molecule has 0 aliphatic heterocycles. The lowest BCUT2D eigenvalue weighted by Crippen LogP contribution is -2.26. The molecule has 104 valence electrons. The zero-order valence-electron chi connectivity index (χ0n) is 12.0. The fraction of sp³-hybridized carbons (Fsp3) is 0.600. The number of hydrogen-bond acceptors (Lipinski definition) is 2. The number of rotatable bonds is 3. The molecule has 0 radical (unpaired) electrons. The monoisotopic (exact) mass is 280 g/mol. The largest absolute Gasteiger partial charge is 0.352 e. The van der Waals surface area contributed by atoms with Crippen molar-refractivity contribution < 1.29 is 4.79 Å². The van der Waals surface area contributed by atoms with Crippen LogP contribution in [0.4, 0.5) is 0 Å². The molecule has 1 heterocycles. The third kappa shape index (κ3) is 3.69. The van der Waals surface area contributed by atoms with Crippen LogP contribution in [-0.4, -0.2) is 17.4 Å². The van der Waals surface area contributed by atoms with Gasteiger partial charge in [0.25, 0.3) is 5.91 Å². The maximum Gasteiger partial charge on any atom is 0.251 e. The summed E-state index contributed by atoms with van der Waals surface area (Å²) < 4.78 is 0. The van der Waals surface area contributed by atoms with Crippen LogP contribution in [0.1, 0.15) is 50.2 Å². The number of pyridine rings is 1. The predicted octanol–water partition coefficient (Wildman–Crippen LogP) is 3.42. The molecule has 2 atom stereocenters. The highest BCUT2D eigenvalue weighted by molar-refractivity contribution is 6.29. The zero-order chi connectivity index (χ0) is 14.2. The Morgan fingerprint density at radius 3 is 2.63 bits per heavy atom. The third-order valence-electron chi connectivity index (χ3n) is 3.63. The summed E-state index contributed by atoms with van der Waals surface area (Å²) in [5, 5.41) is 3.34. The molecular weight excluding hydrogens is 260 g/mol. The minimum atomic E-state index is -0.120. The van der Waals surface area contributed by atoms with E-state index in [1.165, 1.54) is 6.42 Å². The van der Waals surface area contributed by atoms with Gasteiger partial charge in [-0.2, -0.15) is 0 Å². The lowest BCUT2D eigenvalue weighted by molar-refractivity contribution is 0.0951. The van der Waals surface area contributed by atoms with E-state index < -0.39 is 0 Å². The predicted molar refractivity (Wildman–Crippen MR) is 77.6 cm³/mol. The van der Waals surface area contributed by atoms with Crippen molar-refractivity contribution in [1.29, 1.82) is 0 Å². The Labute approximate surface area is 119 Å². The number of nitrogens with zero attached hydrogens (tertiary/aromatic N) is 1. The molecule has 1 aromatic rings. The SMILES string of the molecule is CC1CC1CNC(=O)c1cc(Cl)nc(C(C)(C)C)c1. The lowest BCUT2D eigenvalue weighted by Gasteiger charge is -2.18. The first-order chi connectivity index (χ1) is 8.77. The summed E-state index contributed by atoms with van der Waals surface area (Å²) in [4.78, 5) is 16.4. The minimum absolute atomic E-state index is 0.0612. The zero-order valence-corrected chi connectivity index (χ0v) is 12.7. The quantitative estimate of drug-likeness (QED) is 0.862. The normalized spacial score (nSPS) is 22.2. The molecule has 2 unspecified atom stereocenters. The molecule has 0 aromatic carbocycles. The van der Waals surface area contributed by atoms with Crippen molar-refractivity contribution in [2.45, 2.75) is 39.5 Å². The van der Waals surface area contributed by atoms with Gasteiger partial charge in [0, 0.05) is 23.2 Å². The second-order valence-electron chi connectivity index (χ2n) is 6.50. The molecular formula is C15H21ClN2O. The standard InChI is InChI=1S/C15H21ClN2O/c1-9-5-11(9)8-17-14(19)10-6-12(15(2,3)4)18-13(16)7-10/h6-7,9,11H,5,8H2,1-4H3,(H,17,19). The number of nitrogens with one attached hydrogen (secondary N) is 1. The van der Waals surface area contributed by atoms with Crippen molar-refractivity contribution in [3.63, 3.8) is 0 Å².